The minimum atomic E-state index is -1.33. The number of aromatic carboxylic acids is 1. The number of allylic oxidation sites excluding steroid dienone is 1. The predicted octanol–water partition coefficient (Wildman–Crippen LogP) is 1.78. The summed E-state index contributed by atoms with van der Waals surface area (Å²) in [6.07, 6.45) is 2.90. The molecule has 7 heteroatoms. The van der Waals surface area contributed by atoms with Crippen molar-refractivity contribution >= 4 is 22.6 Å². The standard InChI is InChI=1S/C18H20FN3O3/c1-3-4-22-11-13(18(24)25)17(23)12-9-14(19)16(10-15(12)22)21-7-5-20(2)6-8-21/h3,9-11H,1,4-8H2,2H3,(H,24,25). The zero-order valence-corrected chi connectivity index (χ0v) is 14.0. The second-order valence-electron chi connectivity index (χ2n) is 6.23. The second-order valence-corrected chi connectivity index (χ2v) is 6.23. The van der Waals surface area contributed by atoms with Gasteiger partial charge >= 0.3 is 5.97 Å². The van der Waals surface area contributed by atoms with Crippen LogP contribution >= 0.6 is 0 Å². The zero-order valence-electron chi connectivity index (χ0n) is 14.0. The van der Waals surface area contributed by atoms with Crippen LogP contribution in [-0.4, -0.2) is 53.8 Å². The number of pyridine rings is 1. The van der Waals surface area contributed by atoms with Gasteiger partial charge in [-0.3, -0.25) is 4.79 Å². The van der Waals surface area contributed by atoms with Crippen molar-refractivity contribution in [1.82, 2.24) is 9.47 Å². The van der Waals surface area contributed by atoms with Crippen LogP contribution in [0, 0.1) is 5.82 Å². The summed E-state index contributed by atoms with van der Waals surface area (Å²) in [5, 5.41) is 9.29. The van der Waals surface area contributed by atoms with Crippen molar-refractivity contribution in [2.75, 3.05) is 38.1 Å². The van der Waals surface area contributed by atoms with Crippen LogP contribution in [0.15, 0.2) is 35.8 Å². The number of hydrogen-bond acceptors (Lipinski definition) is 4. The summed E-state index contributed by atoms with van der Waals surface area (Å²) < 4.78 is 16.3. The van der Waals surface area contributed by atoms with E-state index in [4.69, 9.17) is 0 Å². The summed E-state index contributed by atoms with van der Waals surface area (Å²) in [5.74, 6) is -1.84. The maximum Gasteiger partial charge on any atom is 0.341 e. The number of carbonyl (C=O) groups is 1. The number of anilines is 1. The highest BCUT2D eigenvalue weighted by atomic mass is 19.1. The molecule has 25 heavy (non-hydrogen) atoms. The second kappa shape index (κ2) is 6.68. The normalized spacial score (nSPS) is 15.5. The molecule has 1 aliphatic heterocycles. The minimum Gasteiger partial charge on any atom is -0.477 e. The molecule has 0 saturated carbocycles. The molecule has 0 aliphatic carbocycles. The van der Waals surface area contributed by atoms with Crippen molar-refractivity contribution in [2.45, 2.75) is 6.54 Å². The molecule has 2 heterocycles. The number of halogens is 1. The molecule has 1 fully saturated rings. The van der Waals surface area contributed by atoms with Gasteiger partial charge in [0.2, 0.25) is 5.43 Å². The highest BCUT2D eigenvalue weighted by molar-refractivity contribution is 5.93. The Hall–Kier alpha value is -2.67. The summed E-state index contributed by atoms with van der Waals surface area (Å²) in [6, 6.07) is 2.78. The van der Waals surface area contributed by atoms with Crippen molar-refractivity contribution in [3.8, 4) is 0 Å². The first-order valence-corrected chi connectivity index (χ1v) is 8.06. The molecule has 132 valence electrons. The van der Waals surface area contributed by atoms with Crippen molar-refractivity contribution < 1.29 is 14.3 Å². The zero-order chi connectivity index (χ0) is 18.1. The van der Waals surface area contributed by atoms with Crippen molar-refractivity contribution in [2.24, 2.45) is 0 Å². The molecule has 0 atom stereocenters. The fourth-order valence-corrected chi connectivity index (χ4v) is 3.13. The van der Waals surface area contributed by atoms with Crippen LogP contribution in [-0.2, 0) is 6.54 Å². The summed E-state index contributed by atoms with van der Waals surface area (Å²) >= 11 is 0. The van der Waals surface area contributed by atoms with E-state index in [0.29, 0.717) is 30.8 Å². The van der Waals surface area contributed by atoms with Crippen LogP contribution in [0.4, 0.5) is 10.1 Å². The highest BCUT2D eigenvalue weighted by Crippen LogP contribution is 2.26. The monoisotopic (exact) mass is 345 g/mol. The van der Waals surface area contributed by atoms with Crippen LogP contribution in [0.25, 0.3) is 10.9 Å². The van der Waals surface area contributed by atoms with Crippen LogP contribution in [0.1, 0.15) is 10.4 Å². The Kier molecular flexibility index (Phi) is 4.59. The number of rotatable bonds is 4. The van der Waals surface area contributed by atoms with Gasteiger partial charge in [-0.2, -0.15) is 0 Å². The number of carboxylic acids is 1. The van der Waals surface area contributed by atoms with Gasteiger partial charge in [-0.15, -0.1) is 6.58 Å². The van der Waals surface area contributed by atoms with E-state index in [0.717, 1.165) is 19.2 Å². The van der Waals surface area contributed by atoms with Gasteiger partial charge in [0.1, 0.15) is 11.4 Å². The average molecular weight is 345 g/mol. The lowest BCUT2D eigenvalue weighted by atomic mass is 10.1. The fourth-order valence-electron chi connectivity index (χ4n) is 3.13. The summed E-state index contributed by atoms with van der Waals surface area (Å²) in [4.78, 5) is 27.8. The first-order chi connectivity index (χ1) is 11.9. The topological polar surface area (TPSA) is 65.8 Å². The van der Waals surface area contributed by atoms with Crippen LogP contribution < -0.4 is 10.3 Å². The van der Waals surface area contributed by atoms with Crippen LogP contribution in [0.5, 0.6) is 0 Å². The van der Waals surface area contributed by atoms with E-state index in [2.05, 4.69) is 11.5 Å². The third kappa shape index (κ3) is 3.15. The number of piperazine rings is 1. The van der Waals surface area contributed by atoms with Gasteiger partial charge in [0.05, 0.1) is 11.2 Å². The van der Waals surface area contributed by atoms with E-state index in [1.807, 2.05) is 11.9 Å². The van der Waals surface area contributed by atoms with Gasteiger partial charge in [0.15, 0.2) is 0 Å². The molecule has 1 saturated heterocycles. The molecule has 1 N–H and O–H groups in total. The first-order valence-electron chi connectivity index (χ1n) is 8.06. The number of nitrogens with zero attached hydrogens (tertiary/aromatic N) is 3. The molecular formula is C18H20FN3O3. The van der Waals surface area contributed by atoms with Crippen molar-refractivity contribution in [3.63, 3.8) is 0 Å². The Labute approximate surface area is 144 Å². The molecule has 0 radical (unpaired) electrons. The molecule has 0 spiro atoms. The van der Waals surface area contributed by atoms with E-state index in [-0.39, 0.29) is 10.9 Å². The molecule has 1 aromatic carbocycles. The van der Waals surface area contributed by atoms with E-state index < -0.39 is 17.2 Å². The maximum atomic E-state index is 14.7. The number of hydrogen-bond donors (Lipinski definition) is 1. The lowest BCUT2D eigenvalue weighted by Gasteiger charge is -2.34. The lowest BCUT2D eigenvalue weighted by molar-refractivity contribution is 0.0695. The Morgan fingerprint density at radius 1 is 1.32 bits per heavy atom. The number of carboxylic acid groups (broad SMARTS) is 1. The predicted molar refractivity (Wildman–Crippen MR) is 95.0 cm³/mol. The molecule has 6 nitrogen and oxygen atoms in total. The third-order valence-electron chi connectivity index (χ3n) is 4.55. The number of fused-ring (bicyclic) bond motifs is 1. The molecule has 3 rings (SSSR count). The van der Waals surface area contributed by atoms with E-state index in [1.165, 1.54) is 6.20 Å². The number of aromatic nitrogens is 1. The Balaban J connectivity index is 2.20. The van der Waals surface area contributed by atoms with Crippen LogP contribution in [0.3, 0.4) is 0 Å². The highest BCUT2D eigenvalue weighted by Gasteiger charge is 2.21. The molecule has 0 unspecified atom stereocenters. The Morgan fingerprint density at radius 2 is 2.00 bits per heavy atom. The van der Waals surface area contributed by atoms with Crippen molar-refractivity contribution in [1.29, 1.82) is 0 Å². The minimum absolute atomic E-state index is 0.0668. The van der Waals surface area contributed by atoms with Gasteiger partial charge in [0, 0.05) is 44.3 Å². The van der Waals surface area contributed by atoms with Gasteiger partial charge < -0.3 is 19.5 Å². The van der Waals surface area contributed by atoms with Crippen molar-refractivity contribution in [3.05, 3.63) is 52.6 Å². The Bertz CT molecular complexity index is 899. The summed E-state index contributed by atoms with van der Waals surface area (Å²) in [5.41, 5.74) is -0.112. The molecule has 0 bridgehead atoms. The molecule has 0 amide bonds. The summed E-state index contributed by atoms with van der Waals surface area (Å²) in [6.45, 7) is 7.03. The van der Waals surface area contributed by atoms with Gasteiger partial charge in [0.25, 0.3) is 0 Å². The van der Waals surface area contributed by atoms with Crippen LogP contribution in [0.2, 0.25) is 0 Å². The SMILES string of the molecule is C=CCn1cc(C(=O)O)c(=O)c2cc(F)c(N3CCN(C)CC3)cc21. The molecule has 2 aromatic rings. The quantitative estimate of drug-likeness (QED) is 0.856. The number of likely N-dealkylation sites (N-methyl/N-ethyl adjacent to an activating group) is 1. The van der Waals surface area contributed by atoms with E-state index >= 15 is 0 Å². The molecule has 1 aromatic heterocycles. The molecular weight excluding hydrogens is 325 g/mol. The van der Waals surface area contributed by atoms with E-state index in [1.54, 1.807) is 16.7 Å². The average Bonchev–Trinajstić information content (AvgIpc) is 2.58. The number of benzene rings is 1. The third-order valence-corrected chi connectivity index (χ3v) is 4.55. The Morgan fingerprint density at radius 3 is 2.60 bits per heavy atom. The first kappa shape index (κ1) is 17.2. The smallest absolute Gasteiger partial charge is 0.341 e. The van der Waals surface area contributed by atoms with Gasteiger partial charge in [-0.05, 0) is 19.2 Å². The lowest BCUT2D eigenvalue weighted by Crippen LogP contribution is -2.44. The fraction of sp³-hybridized carbons (Fsp3) is 0.333. The molecule has 1 aliphatic rings. The van der Waals surface area contributed by atoms with E-state index in [9.17, 15) is 19.1 Å². The summed E-state index contributed by atoms with van der Waals surface area (Å²) in [7, 11) is 2.02. The van der Waals surface area contributed by atoms with Gasteiger partial charge in [-0.25, -0.2) is 9.18 Å². The maximum absolute atomic E-state index is 14.7. The van der Waals surface area contributed by atoms with Gasteiger partial charge in [-0.1, -0.05) is 6.08 Å². The largest absolute Gasteiger partial charge is 0.477 e.